The van der Waals surface area contributed by atoms with Gasteiger partial charge in [-0.2, -0.15) is 8.75 Å². The minimum Gasteiger partial charge on any atom is -0.309 e. The second-order valence-corrected chi connectivity index (χ2v) is 31.0. The van der Waals surface area contributed by atoms with Crippen molar-refractivity contribution in [3.05, 3.63) is 447 Å². The highest BCUT2D eigenvalue weighted by atomic mass is 32.1. The predicted octanol–water partition coefficient (Wildman–Crippen LogP) is 28.8. The summed E-state index contributed by atoms with van der Waals surface area (Å²) in [7, 11) is 0. The predicted molar refractivity (Wildman–Crippen MR) is 485 cm³/mol. The van der Waals surface area contributed by atoms with Crippen molar-refractivity contribution in [1.29, 1.82) is 0 Å². The number of fused-ring (bicyclic) bond motifs is 13. The maximum absolute atomic E-state index is 5.11. The summed E-state index contributed by atoms with van der Waals surface area (Å²) < 4.78 is 17.4. The molecule has 0 amide bonds. The van der Waals surface area contributed by atoms with Crippen molar-refractivity contribution in [3.8, 4) is 95.0 Å². The average molecular weight is 1500 g/mol. The number of hydrogen-bond donors (Lipinski definition) is 0. The number of benzene rings is 18. The highest BCUT2D eigenvalue weighted by Gasteiger charge is 2.46. The first-order valence-electron chi connectivity index (χ1n) is 39.7. The van der Waals surface area contributed by atoms with Crippen LogP contribution in [0.1, 0.15) is 22.3 Å². The van der Waals surface area contributed by atoms with Crippen LogP contribution in [0.2, 0.25) is 0 Å². The Morgan fingerprint density at radius 1 is 0.216 bits per heavy atom. The summed E-state index contributed by atoms with van der Waals surface area (Å²) in [5.74, 6) is 0. The van der Waals surface area contributed by atoms with Gasteiger partial charge in [0.15, 0.2) is 0 Å². The van der Waals surface area contributed by atoms with E-state index in [1.54, 1.807) is 0 Å². The first-order valence-corrected chi connectivity index (χ1v) is 40.4. The quantitative estimate of drug-likeness (QED) is 0.109. The fraction of sp³-hybridized carbons (Fsp3) is 0.00917. The van der Waals surface area contributed by atoms with E-state index in [2.05, 4.69) is 443 Å². The maximum atomic E-state index is 5.11. The minimum atomic E-state index is -0.492. The molecule has 0 spiro atoms. The molecule has 0 fully saturated rings. The molecule has 0 unspecified atom stereocenters. The van der Waals surface area contributed by atoms with E-state index < -0.39 is 5.41 Å². The van der Waals surface area contributed by atoms with Gasteiger partial charge in [-0.1, -0.05) is 297 Å². The van der Waals surface area contributed by atoms with Crippen molar-refractivity contribution in [2.24, 2.45) is 0 Å². The third-order valence-electron chi connectivity index (χ3n) is 24.3. The average Bonchev–Trinajstić information content (AvgIpc) is 1.53. The topological polar surface area (TPSA) is 43.8 Å². The molecule has 0 aliphatic heterocycles. The van der Waals surface area contributed by atoms with Crippen molar-refractivity contribution >= 4 is 105 Å². The van der Waals surface area contributed by atoms with Crippen molar-refractivity contribution < 1.29 is 0 Å². The molecule has 6 nitrogen and oxygen atoms in total. The SMILES string of the molecule is c1ccc(N(c2ccc(-c3cccc(C4(c5ccccc5)c5ccccc5-c5ccccc54)c3)cc2)c2ccc(-c3ccc(-n4c5ccc(-c6ccc(-c7ccc(-n8c9ccccc9c9ccccc98)cc7)cc6)cc5c5cc(-c6ccc(-c7ccc(-n8c9ccccc9c9ccccc98)cc7)cc6)ccc54)cc3)c3nsnc23)cc1. The molecule has 542 valence electrons. The third kappa shape index (κ3) is 10.7. The standard InChI is InChI=1S/C109H70N6S/c1-3-21-82(22-4-1)109(98-32-13-7-26-90(98)91-27-8-14-33-99(91)109)83-23-19-20-79(68-83)77-50-56-85(57-51-77)112(84-24-5-2-6-25-84)106-67-64-89(107-108(106)111-116-110-107)78-52-62-88(63-53-78)115-104-65-54-80(75-42-38-71(39-43-75)73-46-58-86(59-47-73)113-100-34-15-9-28-92(100)93-29-10-16-35-101(93)113)69-96(104)97-70-81(55-66-105(97)115)76-44-40-72(41-45-76)74-48-60-87(61-49-74)114-102-36-17-11-30-94(102)95-31-12-18-37-103(95)114/h1-70H. The zero-order valence-electron chi connectivity index (χ0n) is 63.0. The summed E-state index contributed by atoms with van der Waals surface area (Å²) in [6, 6.07) is 156. The third-order valence-corrected chi connectivity index (χ3v) is 24.8. The van der Waals surface area contributed by atoms with E-state index in [9.17, 15) is 0 Å². The van der Waals surface area contributed by atoms with Gasteiger partial charge in [0.2, 0.25) is 0 Å². The van der Waals surface area contributed by atoms with E-state index in [4.69, 9.17) is 8.75 Å². The lowest BCUT2D eigenvalue weighted by Crippen LogP contribution is -2.28. The summed E-state index contributed by atoms with van der Waals surface area (Å²) in [6.45, 7) is 0. The van der Waals surface area contributed by atoms with Crippen LogP contribution in [0.3, 0.4) is 0 Å². The van der Waals surface area contributed by atoms with Crippen molar-refractivity contribution in [2.45, 2.75) is 5.41 Å². The number of aromatic nitrogens is 5. The van der Waals surface area contributed by atoms with E-state index in [1.165, 1.54) is 122 Å². The molecule has 18 aromatic carbocycles. The number of para-hydroxylation sites is 5. The normalized spacial score (nSPS) is 12.4. The summed E-state index contributed by atoms with van der Waals surface area (Å²) >= 11 is 1.25. The van der Waals surface area contributed by atoms with Gasteiger partial charge in [0.05, 0.1) is 55.9 Å². The molecule has 0 N–H and O–H groups in total. The van der Waals surface area contributed by atoms with Crippen LogP contribution < -0.4 is 4.90 Å². The number of hydrogen-bond acceptors (Lipinski definition) is 4. The zero-order valence-corrected chi connectivity index (χ0v) is 63.8. The Kier molecular flexibility index (Phi) is 15.6. The van der Waals surface area contributed by atoms with Crippen LogP contribution in [0.25, 0.3) is 171 Å². The molecule has 4 heterocycles. The van der Waals surface area contributed by atoms with E-state index in [0.29, 0.717) is 0 Å². The number of anilines is 3. The monoisotopic (exact) mass is 1490 g/mol. The Morgan fingerprint density at radius 3 is 1.02 bits per heavy atom. The Labute approximate surface area is 675 Å². The van der Waals surface area contributed by atoms with Gasteiger partial charge in [-0.05, 0) is 222 Å². The fourth-order valence-electron chi connectivity index (χ4n) is 18.9. The van der Waals surface area contributed by atoms with Gasteiger partial charge in [-0.3, -0.25) is 0 Å². The summed E-state index contributed by atoms with van der Waals surface area (Å²) in [4.78, 5) is 2.32. The van der Waals surface area contributed by atoms with Gasteiger partial charge in [0, 0.05) is 66.3 Å². The number of nitrogens with zero attached hydrogens (tertiary/aromatic N) is 6. The Bertz CT molecular complexity index is 7170. The van der Waals surface area contributed by atoms with Crippen LogP contribution >= 0.6 is 11.7 Å². The van der Waals surface area contributed by atoms with Crippen molar-refractivity contribution in [3.63, 3.8) is 0 Å². The second kappa shape index (κ2) is 27.1. The van der Waals surface area contributed by atoms with Crippen LogP contribution in [0, 0.1) is 0 Å². The molecule has 7 heteroatoms. The molecule has 0 radical (unpaired) electrons. The van der Waals surface area contributed by atoms with Gasteiger partial charge in [0.25, 0.3) is 0 Å². The van der Waals surface area contributed by atoms with Crippen molar-refractivity contribution in [1.82, 2.24) is 22.4 Å². The highest BCUT2D eigenvalue weighted by Crippen LogP contribution is 2.57. The van der Waals surface area contributed by atoms with E-state index >= 15 is 0 Å². The molecule has 1 aliphatic rings. The molecule has 116 heavy (non-hydrogen) atoms. The second-order valence-electron chi connectivity index (χ2n) is 30.4. The number of rotatable bonds is 14. The molecule has 0 atom stereocenters. The zero-order chi connectivity index (χ0) is 76.4. The van der Waals surface area contributed by atoms with Crippen LogP contribution in [0.15, 0.2) is 425 Å². The molecule has 0 bridgehead atoms. The Hall–Kier alpha value is -15.0. The van der Waals surface area contributed by atoms with Gasteiger partial charge in [0.1, 0.15) is 11.0 Å². The molecule has 1 aliphatic carbocycles. The highest BCUT2D eigenvalue weighted by molar-refractivity contribution is 7.00. The van der Waals surface area contributed by atoms with E-state index in [-0.39, 0.29) is 0 Å². The van der Waals surface area contributed by atoms with Crippen LogP contribution in [-0.4, -0.2) is 22.4 Å². The Balaban J connectivity index is 0.575. The summed E-state index contributed by atoms with van der Waals surface area (Å²) in [5, 5.41) is 7.40. The fourth-order valence-corrected chi connectivity index (χ4v) is 19.5. The molecule has 0 saturated carbocycles. The van der Waals surface area contributed by atoms with Gasteiger partial charge in [-0.15, -0.1) is 0 Å². The smallest absolute Gasteiger partial charge is 0.129 e. The lowest BCUT2D eigenvalue weighted by molar-refractivity contribution is 0.769. The summed E-state index contributed by atoms with van der Waals surface area (Å²) in [5.41, 5.74) is 36.0. The molecular formula is C109H70N6S. The van der Waals surface area contributed by atoms with E-state index in [0.717, 1.165) is 101 Å². The van der Waals surface area contributed by atoms with Crippen LogP contribution in [0.5, 0.6) is 0 Å². The Morgan fingerprint density at radius 2 is 0.552 bits per heavy atom. The van der Waals surface area contributed by atoms with Crippen LogP contribution in [-0.2, 0) is 5.41 Å². The molecule has 22 aromatic rings. The lowest BCUT2D eigenvalue weighted by atomic mass is 9.67. The van der Waals surface area contributed by atoms with Gasteiger partial charge < -0.3 is 18.6 Å². The first-order chi connectivity index (χ1) is 57.5. The van der Waals surface area contributed by atoms with Gasteiger partial charge in [-0.25, -0.2) is 0 Å². The molecule has 4 aromatic heterocycles. The lowest BCUT2D eigenvalue weighted by Gasteiger charge is -2.34. The molecule has 0 saturated heterocycles. The minimum absolute atomic E-state index is 0.492. The van der Waals surface area contributed by atoms with E-state index in [1.807, 2.05) is 0 Å². The largest absolute Gasteiger partial charge is 0.309 e. The first kappa shape index (κ1) is 66.7. The maximum Gasteiger partial charge on any atom is 0.129 e. The van der Waals surface area contributed by atoms with Gasteiger partial charge >= 0.3 is 0 Å². The molecular weight excluding hydrogens is 1430 g/mol. The van der Waals surface area contributed by atoms with Crippen LogP contribution in [0.4, 0.5) is 17.1 Å². The molecule has 23 rings (SSSR count). The summed E-state index contributed by atoms with van der Waals surface area (Å²) in [6.07, 6.45) is 0. The van der Waals surface area contributed by atoms with Crippen molar-refractivity contribution in [2.75, 3.05) is 4.90 Å².